The van der Waals surface area contributed by atoms with E-state index in [1.807, 2.05) is 24.3 Å². The van der Waals surface area contributed by atoms with Gasteiger partial charge in [0.25, 0.3) is 0 Å². The number of hydrogen-bond donors (Lipinski definition) is 1. The zero-order valence-corrected chi connectivity index (χ0v) is 10.9. The fourth-order valence-electron chi connectivity index (χ4n) is 1.29. The molecular formula is C12H11BrO2S. The smallest absolute Gasteiger partial charge is 0.0960 e. The molecule has 84 valence electrons. The highest BCUT2D eigenvalue weighted by molar-refractivity contribution is 9.10. The first-order valence-electron chi connectivity index (χ1n) is 4.85. The number of aliphatic hydroxyl groups excluding tert-OH is 1. The Labute approximate surface area is 107 Å². The Balaban J connectivity index is 1.95. The van der Waals surface area contributed by atoms with E-state index >= 15 is 0 Å². The lowest BCUT2D eigenvalue weighted by atomic mass is 10.2. The summed E-state index contributed by atoms with van der Waals surface area (Å²) in [6.07, 6.45) is 2.66. The average molecular weight is 299 g/mol. The first kappa shape index (κ1) is 11.8. The molecule has 2 nitrogen and oxygen atoms in total. The van der Waals surface area contributed by atoms with E-state index < -0.39 is 6.10 Å². The summed E-state index contributed by atoms with van der Waals surface area (Å²) in [5, 5.41) is 9.87. The lowest BCUT2D eigenvalue weighted by Crippen LogP contribution is -1.98. The lowest BCUT2D eigenvalue weighted by molar-refractivity contribution is 0.203. The van der Waals surface area contributed by atoms with Crippen LogP contribution in [0.4, 0.5) is 0 Å². The number of hydrogen-bond acceptors (Lipinski definition) is 3. The van der Waals surface area contributed by atoms with E-state index in [2.05, 4.69) is 15.9 Å². The van der Waals surface area contributed by atoms with Crippen molar-refractivity contribution < 1.29 is 9.52 Å². The third-order valence-corrected chi connectivity index (χ3v) is 4.26. The number of halogens is 1. The first-order valence-corrected chi connectivity index (χ1v) is 6.62. The highest BCUT2D eigenvalue weighted by Crippen LogP contribution is 2.30. The summed E-state index contributed by atoms with van der Waals surface area (Å²) >= 11 is 5.09. The van der Waals surface area contributed by atoms with Crippen molar-refractivity contribution in [1.82, 2.24) is 0 Å². The van der Waals surface area contributed by atoms with E-state index in [1.165, 1.54) is 0 Å². The van der Waals surface area contributed by atoms with Gasteiger partial charge in [-0.1, -0.05) is 12.1 Å². The van der Waals surface area contributed by atoms with Gasteiger partial charge in [-0.25, -0.2) is 0 Å². The molecule has 0 bridgehead atoms. The Kier molecular flexibility index (Phi) is 4.09. The van der Waals surface area contributed by atoms with E-state index in [0.29, 0.717) is 5.75 Å². The van der Waals surface area contributed by atoms with Crippen LogP contribution in [0.3, 0.4) is 0 Å². The largest absolute Gasteiger partial charge is 0.472 e. The third kappa shape index (κ3) is 2.90. The molecule has 2 aromatic rings. The Bertz CT molecular complexity index is 442. The van der Waals surface area contributed by atoms with Crippen molar-refractivity contribution in [3.63, 3.8) is 0 Å². The number of furan rings is 1. The molecule has 1 aromatic carbocycles. The standard InChI is InChI=1S/C12H11BrO2S/c13-10-3-1-2-4-12(10)16-8-11(14)9-5-6-15-7-9/h1-7,11,14H,8H2. The molecule has 0 aliphatic carbocycles. The van der Waals surface area contributed by atoms with E-state index in [-0.39, 0.29) is 0 Å². The molecule has 2 rings (SSSR count). The Morgan fingerprint density at radius 2 is 2.12 bits per heavy atom. The van der Waals surface area contributed by atoms with Gasteiger partial charge in [0.15, 0.2) is 0 Å². The Morgan fingerprint density at radius 1 is 1.31 bits per heavy atom. The highest BCUT2D eigenvalue weighted by atomic mass is 79.9. The van der Waals surface area contributed by atoms with Crippen LogP contribution in [-0.4, -0.2) is 10.9 Å². The van der Waals surface area contributed by atoms with E-state index in [1.54, 1.807) is 30.4 Å². The van der Waals surface area contributed by atoms with Gasteiger partial charge in [-0.2, -0.15) is 0 Å². The van der Waals surface area contributed by atoms with Crippen LogP contribution in [0.25, 0.3) is 0 Å². The molecule has 0 aliphatic heterocycles. The quantitative estimate of drug-likeness (QED) is 0.870. The van der Waals surface area contributed by atoms with Crippen LogP contribution < -0.4 is 0 Å². The van der Waals surface area contributed by atoms with E-state index in [9.17, 15) is 5.11 Å². The molecule has 1 unspecified atom stereocenters. The van der Waals surface area contributed by atoms with Gasteiger partial charge in [-0.3, -0.25) is 0 Å². The second kappa shape index (κ2) is 5.57. The molecule has 0 spiro atoms. The van der Waals surface area contributed by atoms with Gasteiger partial charge in [0.2, 0.25) is 0 Å². The first-order chi connectivity index (χ1) is 7.77. The van der Waals surface area contributed by atoms with Crippen molar-refractivity contribution in [3.05, 3.63) is 52.9 Å². The molecule has 16 heavy (non-hydrogen) atoms. The molecule has 1 N–H and O–H groups in total. The highest BCUT2D eigenvalue weighted by Gasteiger charge is 2.10. The fourth-order valence-corrected chi connectivity index (χ4v) is 2.83. The van der Waals surface area contributed by atoms with Gasteiger partial charge < -0.3 is 9.52 Å². The van der Waals surface area contributed by atoms with Gasteiger partial charge in [-0.05, 0) is 34.1 Å². The van der Waals surface area contributed by atoms with Crippen molar-refractivity contribution in [1.29, 1.82) is 0 Å². The van der Waals surface area contributed by atoms with Crippen LogP contribution in [0.5, 0.6) is 0 Å². The molecule has 0 fully saturated rings. The van der Waals surface area contributed by atoms with Gasteiger partial charge >= 0.3 is 0 Å². The zero-order chi connectivity index (χ0) is 11.4. The predicted molar refractivity (Wildman–Crippen MR) is 68.5 cm³/mol. The summed E-state index contributed by atoms with van der Waals surface area (Å²) in [6, 6.07) is 9.76. The van der Waals surface area contributed by atoms with Gasteiger partial charge in [-0.15, -0.1) is 11.8 Å². The summed E-state index contributed by atoms with van der Waals surface area (Å²) in [4.78, 5) is 1.13. The monoisotopic (exact) mass is 298 g/mol. The van der Waals surface area contributed by atoms with E-state index in [0.717, 1.165) is 14.9 Å². The molecule has 1 atom stereocenters. The van der Waals surface area contributed by atoms with Gasteiger partial charge in [0.05, 0.1) is 18.6 Å². The molecule has 1 aromatic heterocycles. The molecule has 0 amide bonds. The predicted octanol–water partition coefficient (Wildman–Crippen LogP) is 3.87. The summed E-state index contributed by atoms with van der Waals surface area (Å²) in [5.74, 6) is 0.613. The van der Waals surface area contributed by atoms with Crippen LogP contribution in [0.2, 0.25) is 0 Å². The minimum Gasteiger partial charge on any atom is -0.472 e. The van der Waals surface area contributed by atoms with Crippen LogP contribution in [0.1, 0.15) is 11.7 Å². The van der Waals surface area contributed by atoms with E-state index in [4.69, 9.17) is 4.42 Å². The van der Waals surface area contributed by atoms with Crippen LogP contribution >= 0.6 is 27.7 Å². The second-order valence-electron chi connectivity index (χ2n) is 3.31. The van der Waals surface area contributed by atoms with Crippen molar-refractivity contribution >= 4 is 27.7 Å². The molecular weight excluding hydrogens is 288 g/mol. The lowest BCUT2D eigenvalue weighted by Gasteiger charge is -2.08. The van der Waals surface area contributed by atoms with Crippen molar-refractivity contribution in [3.8, 4) is 0 Å². The minimum atomic E-state index is -0.490. The zero-order valence-electron chi connectivity index (χ0n) is 8.47. The van der Waals surface area contributed by atoms with Crippen LogP contribution in [0.15, 0.2) is 56.6 Å². The van der Waals surface area contributed by atoms with Crippen LogP contribution in [0, 0.1) is 0 Å². The molecule has 1 heterocycles. The topological polar surface area (TPSA) is 33.4 Å². The SMILES string of the molecule is OC(CSc1ccccc1Br)c1ccoc1. The number of benzene rings is 1. The molecule has 0 saturated carbocycles. The minimum absolute atomic E-state index is 0.490. The Morgan fingerprint density at radius 3 is 2.81 bits per heavy atom. The Hall–Kier alpha value is -0.710. The summed E-state index contributed by atoms with van der Waals surface area (Å²) in [5.41, 5.74) is 0.819. The fraction of sp³-hybridized carbons (Fsp3) is 0.167. The maximum Gasteiger partial charge on any atom is 0.0960 e. The van der Waals surface area contributed by atoms with Crippen molar-refractivity contribution in [2.75, 3.05) is 5.75 Å². The van der Waals surface area contributed by atoms with Crippen molar-refractivity contribution in [2.45, 2.75) is 11.0 Å². The number of aliphatic hydroxyl groups is 1. The average Bonchev–Trinajstić information content (AvgIpc) is 2.81. The summed E-state index contributed by atoms with van der Waals surface area (Å²) in [7, 11) is 0. The van der Waals surface area contributed by atoms with Gasteiger partial charge in [0, 0.05) is 20.7 Å². The molecule has 0 radical (unpaired) electrons. The molecule has 0 aliphatic rings. The maximum atomic E-state index is 9.87. The molecule has 0 saturated heterocycles. The second-order valence-corrected chi connectivity index (χ2v) is 5.23. The number of thioether (sulfide) groups is 1. The van der Waals surface area contributed by atoms with Crippen molar-refractivity contribution in [2.24, 2.45) is 0 Å². The summed E-state index contributed by atoms with van der Waals surface area (Å²) < 4.78 is 5.99. The van der Waals surface area contributed by atoms with Gasteiger partial charge in [0.1, 0.15) is 0 Å². The number of rotatable bonds is 4. The maximum absolute atomic E-state index is 9.87. The third-order valence-electron chi connectivity index (χ3n) is 2.16. The normalized spacial score (nSPS) is 12.6. The summed E-state index contributed by atoms with van der Waals surface area (Å²) in [6.45, 7) is 0. The van der Waals surface area contributed by atoms with Crippen LogP contribution in [-0.2, 0) is 0 Å². The molecule has 4 heteroatoms.